The number of para-hydroxylation sites is 1. The summed E-state index contributed by atoms with van der Waals surface area (Å²) in [6.45, 7) is 0. The van der Waals surface area contributed by atoms with Crippen molar-refractivity contribution in [1.82, 2.24) is 15.6 Å². The van der Waals surface area contributed by atoms with Gasteiger partial charge in [0.15, 0.2) is 0 Å². The summed E-state index contributed by atoms with van der Waals surface area (Å²) in [6.07, 6.45) is 2.80. The molecule has 2 N–H and O–H groups in total. The molecule has 27 heavy (non-hydrogen) atoms. The number of H-pyrrole nitrogens is 1. The van der Waals surface area contributed by atoms with Gasteiger partial charge < -0.3 is 0 Å². The Morgan fingerprint density at radius 3 is 2.81 bits per heavy atom. The first kappa shape index (κ1) is 16.6. The van der Waals surface area contributed by atoms with Gasteiger partial charge in [-0.05, 0) is 24.5 Å². The summed E-state index contributed by atoms with van der Waals surface area (Å²) in [6, 6.07) is 14.2. The van der Waals surface area contributed by atoms with Crippen LogP contribution < -0.4 is 5.43 Å². The normalized spacial score (nSPS) is 12.4. The van der Waals surface area contributed by atoms with Crippen LogP contribution >= 0.6 is 0 Å². The number of benzene rings is 2. The van der Waals surface area contributed by atoms with Crippen molar-refractivity contribution in [3.05, 3.63) is 81.0 Å². The van der Waals surface area contributed by atoms with Gasteiger partial charge in [0.25, 0.3) is 11.6 Å². The molecule has 2 aromatic carbocycles. The zero-order valence-corrected chi connectivity index (χ0v) is 14.2. The van der Waals surface area contributed by atoms with Crippen LogP contribution in [0.2, 0.25) is 0 Å². The van der Waals surface area contributed by atoms with E-state index in [1.54, 1.807) is 18.2 Å². The number of aryl methyl sites for hydroxylation is 1. The first-order valence-electron chi connectivity index (χ1n) is 8.37. The quantitative estimate of drug-likeness (QED) is 0.422. The van der Waals surface area contributed by atoms with Gasteiger partial charge in [0.1, 0.15) is 5.69 Å². The van der Waals surface area contributed by atoms with Gasteiger partial charge in [-0.2, -0.15) is 10.2 Å². The largest absolute Gasteiger partial charge is 0.289 e. The molecule has 3 aromatic rings. The van der Waals surface area contributed by atoms with Crippen molar-refractivity contribution in [2.75, 3.05) is 0 Å². The first-order valence-corrected chi connectivity index (χ1v) is 8.37. The Morgan fingerprint density at radius 2 is 1.96 bits per heavy atom. The SMILES string of the molecule is O=C(N/N=C/c1ccccc1[N+](=O)[O-])c1[nH]nc2c1CCc1ccccc1-2. The number of hydrogen-bond donors (Lipinski definition) is 2. The minimum atomic E-state index is -0.494. The number of aromatic nitrogens is 2. The van der Waals surface area contributed by atoms with E-state index in [1.165, 1.54) is 17.8 Å². The van der Waals surface area contributed by atoms with Crippen molar-refractivity contribution < 1.29 is 9.72 Å². The third-order valence-corrected chi connectivity index (χ3v) is 4.51. The monoisotopic (exact) mass is 361 g/mol. The smallest absolute Gasteiger partial charge is 0.272 e. The molecule has 0 radical (unpaired) electrons. The lowest BCUT2D eigenvalue weighted by Crippen LogP contribution is -2.20. The third-order valence-electron chi connectivity index (χ3n) is 4.51. The average Bonchev–Trinajstić information content (AvgIpc) is 3.13. The molecule has 0 atom stereocenters. The Hall–Kier alpha value is -3.81. The molecule has 0 saturated heterocycles. The topological polar surface area (TPSA) is 113 Å². The van der Waals surface area contributed by atoms with E-state index in [4.69, 9.17) is 0 Å². The van der Waals surface area contributed by atoms with Gasteiger partial charge in [-0.1, -0.05) is 36.4 Å². The van der Waals surface area contributed by atoms with Crippen molar-refractivity contribution >= 4 is 17.8 Å². The molecular formula is C19H15N5O3. The van der Waals surface area contributed by atoms with Crippen molar-refractivity contribution in [1.29, 1.82) is 0 Å². The molecule has 0 unspecified atom stereocenters. The van der Waals surface area contributed by atoms with Crippen LogP contribution in [0.15, 0.2) is 53.6 Å². The second-order valence-electron chi connectivity index (χ2n) is 6.10. The van der Waals surface area contributed by atoms with Gasteiger partial charge in [-0.15, -0.1) is 0 Å². The first-order chi connectivity index (χ1) is 13.1. The van der Waals surface area contributed by atoms with E-state index < -0.39 is 10.8 Å². The second-order valence-corrected chi connectivity index (χ2v) is 6.10. The summed E-state index contributed by atoms with van der Waals surface area (Å²) in [5.74, 6) is -0.432. The molecule has 0 spiro atoms. The number of carbonyl (C=O) groups is 1. The van der Waals surface area contributed by atoms with Crippen molar-refractivity contribution in [2.24, 2.45) is 5.10 Å². The van der Waals surface area contributed by atoms with Crippen molar-refractivity contribution in [3.8, 4) is 11.3 Å². The summed E-state index contributed by atoms with van der Waals surface area (Å²) in [5.41, 5.74) is 6.87. The van der Waals surface area contributed by atoms with E-state index in [9.17, 15) is 14.9 Å². The maximum atomic E-state index is 12.5. The number of nitro groups is 1. The molecule has 1 amide bonds. The Morgan fingerprint density at radius 1 is 1.19 bits per heavy atom. The zero-order valence-electron chi connectivity index (χ0n) is 14.2. The lowest BCUT2D eigenvalue weighted by Gasteiger charge is -2.15. The highest BCUT2D eigenvalue weighted by molar-refractivity contribution is 5.96. The fraction of sp³-hybridized carbons (Fsp3) is 0.105. The highest BCUT2D eigenvalue weighted by Crippen LogP contribution is 2.33. The number of carbonyl (C=O) groups excluding carboxylic acids is 1. The minimum Gasteiger partial charge on any atom is -0.272 e. The Kier molecular flexibility index (Phi) is 4.21. The number of nitro benzene ring substituents is 1. The average molecular weight is 361 g/mol. The number of aromatic amines is 1. The van der Waals surface area contributed by atoms with E-state index in [0.717, 1.165) is 23.2 Å². The standard InChI is InChI=1S/C19H15N5O3/c25-19(23-20-11-13-6-2-4-8-16(13)24(26)27)18-15-10-9-12-5-1-3-7-14(12)17(15)21-22-18/h1-8,11H,9-10H2,(H,21,22)(H,23,25)/b20-11+. The molecule has 8 nitrogen and oxygen atoms in total. The van der Waals surface area contributed by atoms with Gasteiger partial charge in [0.05, 0.1) is 22.4 Å². The van der Waals surface area contributed by atoms with Crippen LogP contribution in [0.5, 0.6) is 0 Å². The third kappa shape index (κ3) is 3.08. The number of nitrogens with one attached hydrogen (secondary N) is 2. The molecule has 0 fully saturated rings. The fourth-order valence-electron chi connectivity index (χ4n) is 3.23. The number of amides is 1. The summed E-state index contributed by atoms with van der Waals surface area (Å²) in [4.78, 5) is 23.0. The van der Waals surface area contributed by atoms with Gasteiger partial charge in [-0.25, -0.2) is 5.43 Å². The molecule has 4 rings (SSSR count). The van der Waals surface area contributed by atoms with Crippen molar-refractivity contribution in [2.45, 2.75) is 12.8 Å². The van der Waals surface area contributed by atoms with E-state index in [2.05, 4.69) is 26.8 Å². The van der Waals surface area contributed by atoms with E-state index in [-0.39, 0.29) is 5.69 Å². The van der Waals surface area contributed by atoms with E-state index in [1.807, 2.05) is 18.2 Å². The van der Waals surface area contributed by atoms with E-state index in [0.29, 0.717) is 17.7 Å². The van der Waals surface area contributed by atoms with Crippen molar-refractivity contribution in [3.63, 3.8) is 0 Å². The van der Waals surface area contributed by atoms with Gasteiger partial charge >= 0.3 is 0 Å². The Balaban J connectivity index is 1.55. The maximum absolute atomic E-state index is 12.5. The summed E-state index contributed by atoms with van der Waals surface area (Å²) < 4.78 is 0. The summed E-state index contributed by atoms with van der Waals surface area (Å²) in [7, 11) is 0. The minimum absolute atomic E-state index is 0.0778. The molecule has 1 aliphatic rings. The van der Waals surface area contributed by atoms with Crippen LogP contribution in [0.1, 0.15) is 27.2 Å². The maximum Gasteiger partial charge on any atom is 0.289 e. The molecule has 1 heterocycles. The number of hydrazone groups is 1. The summed E-state index contributed by atoms with van der Waals surface area (Å²) in [5, 5.41) is 22.0. The predicted molar refractivity (Wildman–Crippen MR) is 99.6 cm³/mol. The highest BCUT2D eigenvalue weighted by Gasteiger charge is 2.24. The van der Waals surface area contributed by atoms with E-state index >= 15 is 0 Å². The molecule has 1 aliphatic carbocycles. The molecule has 0 bridgehead atoms. The van der Waals surface area contributed by atoms with Crippen LogP contribution in [0.3, 0.4) is 0 Å². The zero-order chi connectivity index (χ0) is 18.8. The van der Waals surface area contributed by atoms with Crippen LogP contribution in [-0.4, -0.2) is 27.2 Å². The Bertz CT molecular complexity index is 1070. The molecule has 8 heteroatoms. The Labute approximate surface area is 154 Å². The van der Waals surface area contributed by atoms with Crippen LogP contribution in [0.4, 0.5) is 5.69 Å². The second kappa shape index (κ2) is 6.83. The highest BCUT2D eigenvalue weighted by atomic mass is 16.6. The molecule has 134 valence electrons. The fourth-order valence-corrected chi connectivity index (χ4v) is 3.23. The number of nitrogens with zero attached hydrogens (tertiary/aromatic N) is 3. The lowest BCUT2D eigenvalue weighted by atomic mass is 9.89. The molecule has 1 aromatic heterocycles. The number of rotatable bonds is 4. The molecular weight excluding hydrogens is 346 g/mol. The molecule has 0 aliphatic heterocycles. The summed E-state index contributed by atoms with van der Waals surface area (Å²) >= 11 is 0. The van der Waals surface area contributed by atoms with Gasteiger partial charge in [0.2, 0.25) is 0 Å². The lowest BCUT2D eigenvalue weighted by molar-refractivity contribution is -0.385. The predicted octanol–water partition coefficient (Wildman–Crippen LogP) is 2.85. The van der Waals surface area contributed by atoms with Crippen LogP contribution in [0, 0.1) is 10.1 Å². The van der Waals surface area contributed by atoms with Gasteiger partial charge in [0, 0.05) is 17.2 Å². The number of hydrogen-bond acceptors (Lipinski definition) is 5. The number of fused-ring (bicyclic) bond motifs is 3. The molecule has 0 saturated carbocycles. The van der Waals surface area contributed by atoms with Crippen LogP contribution in [-0.2, 0) is 12.8 Å². The van der Waals surface area contributed by atoms with Gasteiger partial charge in [-0.3, -0.25) is 20.0 Å². The van der Waals surface area contributed by atoms with Crippen LogP contribution in [0.25, 0.3) is 11.3 Å².